The van der Waals surface area contributed by atoms with Crippen LogP contribution >= 0.6 is 0 Å². The summed E-state index contributed by atoms with van der Waals surface area (Å²) in [5.41, 5.74) is 1.25. The number of morpholine rings is 1. The summed E-state index contributed by atoms with van der Waals surface area (Å²) in [6, 6.07) is 1.16. The molecule has 1 fully saturated rings. The van der Waals surface area contributed by atoms with E-state index in [0.717, 1.165) is 19.7 Å². The molecule has 0 bridgehead atoms. The number of hydrogen-bond acceptors (Lipinski definition) is 4. The van der Waals surface area contributed by atoms with E-state index in [9.17, 15) is 0 Å². The van der Waals surface area contributed by atoms with Crippen LogP contribution in [0.3, 0.4) is 0 Å². The second kappa shape index (κ2) is 6.70. The highest BCUT2D eigenvalue weighted by molar-refractivity contribution is 5.10. The topological polar surface area (TPSA) is 42.3 Å². The fourth-order valence-corrected chi connectivity index (χ4v) is 2.78. The largest absolute Gasteiger partial charge is 0.374 e. The molecule has 5 heteroatoms. The van der Waals surface area contributed by atoms with Gasteiger partial charge in [0.05, 0.1) is 30.8 Å². The summed E-state index contributed by atoms with van der Waals surface area (Å²) in [6.45, 7) is 11.3. The van der Waals surface area contributed by atoms with Crippen molar-refractivity contribution in [3.63, 3.8) is 0 Å². The van der Waals surface area contributed by atoms with Crippen molar-refractivity contribution in [2.24, 2.45) is 0 Å². The van der Waals surface area contributed by atoms with Crippen LogP contribution in [-0.4, -0.2) is 53.3 Å². The van der Waals surface area contributed by atoms with Crippen molar-refractivity contribution in [1.29, 1.82) is 0 Å². The number of nitrogens with one attached hydrogen (secondary N) is 1. The minimum atomic E-state index is 0.172. The Bertz CT molecular complexity index is 416. The van der Waals surface area contributed by atoms with Gasteiger partial charge in [-0.1, -0.05) is 13.8 Å². The average Bonchev–Trinajstić information content (AvgIpc) is 2.85. The van der Waals surface area contributed by atoms with Crippen LogP contribution in [0.15, 0.2) is 12.5 Å². The lowest BCUT2D eigenvalue weighted by molar-refractivity contribution is -0.0645. The fraction of sp³-hybridized carbons (Fsp3) is 0.800. The van der Waals surface area contributed by atoms with Gasteiger partial charge in [-0.25, -0.2) is 4.98 Å². The van der Waals surface area contributed by atoms with Crippen molar-refractivity contribution in [3.8, 4) is 0 Å². The van der Waals surface area contributed by atoms with E-state index >= 15 is 0 Å². The van der Waals surface area contributed by atoms with Crippen LogP contribution in [-0.2, 0) is 4.74 Å². The second-order valence-electron chi connectivity index (χ2n) is 6.22. The van der Waals surface area contributed by atoms with Crippen LogP contribution < -0.4 is 5.32 Å². The van der Waals surface area contributed by atoms with E-state index in [2.05, 4.69) is 54.5 Å². The summed E-state index contributed by atoms with van der Waals surface area (Å²) in [5, 5.41) is 3.50. The van der Waals surface area contributed by atoms with Crippen LogP contribution in [0.5, 0.6) is 0 Å². The standard InChI is InChI=1S/C15H28N4O/c1-11(2)17-9-14-15(18(5)6-7-20-14)13-8-16-10-19(13)12(3)4/h8,10-12,14-15,17H,6-7,9H2,1-5H3. The van der Waals surface area contributed by atoms with E-state index in [4.69, 9.17) is 4.74 Å². The Hall–Kier alpha value is -0.910. The summed E-state index contributed by atoms with van der Waals surface area (Å²) in [7, 11) is 2.17. The van der Waals surface area contributed by atoms with Crippen LogP contribution in [0.25, 0.3) is 0 Å². The predicted octanol–water partition coefficient (Wildman–Crippen LogP) is 1.83. The number of ether oxygens (including phenoxy) is 1. The number of aromatic nitrogens is 2. The highest BCUT2D eigenvalue weighted by Gasteiger charge is 2.33. The van der Waals surface area contributed by atoms with E-state index in [1.54, 1.807) is 0 Å². The Labute approximate surface area is 122 Å². The molecule has 0 radical (unpaired) electrons. The van der Waals surface area contributed by atoms with Crippen LogP contribution in [0, 0.1) is 0 Å². The Morgan fingerprint density at radius 2 is 2.15 bits per heavy atom. The monoisotopic (exact) mass is 280 g/mol. The van der Waals surface area contributed by atoms with Crippen LogP contribution in [0.2, 0.25) is 0 Å². The first-order valence-corrected chi connectivity index (χ1v) is 7.57. The van der Waals surface area contributed by atoms with E-state index in [0.29, 0.717) is 12.1 Å². The molecular formula is C15H28N4O. The van der Waals surface area contributed by atoms with Gasteiger partial charge in [0.25, 0.3) is 0 Å². The molecule has 0 saturated carbocycles. The molecule has 2 rings (SSSR count). The SMILES string of the molecule is CC(C)NCC1OCCN(C)C1c1cncn1C(C)C. The molecule has 1 aromatic heterocycles. The summed E-state index contributed by atoms with van der Waals surface area (Å²) in [4.78, 5) is 6.72. The minimum Gasteiger partial charge on any atom is -0.374 e. The zero-order valence-corrected chi connectivity index (χ0v) is 13.3. The normalized spacial score (nSPS) is 24.8. The van der Waals surface area contributed by atoms with Crippen molar-refractivity contribution < 1.29 is 4.74 Å². The number of imidazole rings is 1. The first-order chi connectivity index (χ1) is 9.50. The summed E-state index contributed by atoms with van der Waals surface area (Å²) in [5.74, 6) is 0. The number of rotatable bonds is 5. The van der Waals surface area contributed by atoms with Crippen molar-refractivity contribution in [2.75, 3.05) is 26.7 Å². The molecule has 1 aromatic rings. The van der Waals surface area contributed by atoms with Gasteiger partial charge >= 0.3 is 0 Å². The summed E-state index contributed by atoms with van der Waals surface area (Å²) in [6.07, 6.45) is 4.08. The van der Waals surface area contributed by atoms with Gasteiger partial charge in [0, 0.05) is 31.4 Å². The highest BCUT2D eigenvalue weighted by Crippen LogP contribution is 2.29. The first kappa shape index (κ1) is 15.5. The maximum Gasteiger partial charge on any atom is 0.0951 e. The molecule has 1 N–H and O–H groups in total. The first-order valence-electron chi connectivity index (χ1n) is 7.57. The maximum atomic E-state index is 6.02. The zero-order valence-electron chi connectivity index (χ0n) is 13.3. The molecule has 0 aliphatic carbocycles. The molecule has 2 unspecified atom stereocenters. The third-order valence-corrected chi connectivity index (χ3v) is 3.89. The molecule has 2 atom stereocenters. The molecule has 20 heavy (non-hydrogen) atoms. The lowest BCUT2D eigenvalue weighted by Crippen LogP contribution is -2.49. The number of likely N-dealkylation sites (N-methyl/N-ethyl adjacent to an activating group) is 1. The molecule has 1 aliphatic rings. The molecule has 0 amide bonds. The molecule has 0 aromatic carbocycles. The summed E-state index contributed by atoms with van der Waals surface area (Å²) < 4.78 is 8.27. The molecule has 2 heterocycles. The van der Waals surface area contributed by atoms with Crippen molar-refractivity contribution in [3.05, 3.63) is 18.2 Å². The van der Waals surface area contributed by atoms with Gasteiger partial charge in [-0.3, -0.25) is 4.90 Å². The Balaban J connectivity index is 2.20. The second-order valence-corrected chi connectivity index (χ2v) is 6.22. The van der Waals surface area contributed by atoms with E-state index in [1.807, 2.05) is 12.5 Å². The van der Waals surface area contributed by atoms with Gasteiger partial charge in [0.1, 0.15) is 0 Å². The van der Waals surface area contributed by atoms with E-state index in [1.165, 1.54) is 5.69 Å². The third-order valence-electron chi connectivity index (χ3n) is 3.89. The van der Waals surface area contributed by atoms with Gasteiger partial charge < -0.3 is 14.6 Å². The predicted molar refractivity (Wildman–Crippen MR) is 80.9 cm³/mol. The van der Waals surface area contributed by atoms with E-state index in [-0.39, 0.29) is 12.1 Å². The third kappa shape index (κ3) is 3.40. The lowest BCUT2D eigenvalue weighted by Gasteiger charge is -2.40. The quantitative estimate of drug-likeness (QED) is 0.893. The zero-order chi connectivity index (χ0) is 14.7. The highest BCUT2D eigenvalue weighted by atomic mass is 16.5. The maximum absolute atomic E-state index is 6.02. The number of hydrogen-bond donors (Lipinski definition) is 1. The van der Waals surface area contributed by atoms with Crippen LogP contribution in [0.1, 0.15) is 45.5 Å². The molecular weight excluding hydrogens is 252 g/mol. The van der Waals surface area contributed by atoms with Crippen molar-refractivity contribution in [2.45, 2.75) is 51.9 Å². The van der Waals surface area contributed by atoms with Gasteiger partial charge in [-0.2, -0.15) is 0 Å². The molecule has 5 nitrogen and oxygen atoms in total. The minimum absolute atomic E-state index is 0.172. The smallest absolute Gasteiger partial charge is 0.0951 e. The summed E-state index contributed by atoms with van der Waals surface area (Å²) >= 11 is 0. The Morgan fingerprint density at radius 1 is 1.40 bits per heavy atom. The molecule has 114 valence electrons. The molecule has 0 spiro atoms. The molecule has 1 aliphatic heterocycles. The number of nitrogens with zero attached hydrogens (tertiary/aromatic N) is 3. The van der Waals surface area contributed by atoms with Gasteiger partial charge in [0.15, 0.2) is 0 Å². The molecule has 1 saturated heterocycles. The van der Waals surface area contributed by atoms with Crippen molar-refractivity contribution >= 4 is 0 Å². The Morgan fingerprint density at radius 3 is 2.80 bits per heavy atom. The van der Waals surface area contributed by atoms with Gasteiger partial charge in [0.2, 0.25) is 0 Å². The van der Waals surface area contributed by atoms with Crippen LogP contribution in [0.4, 0.5) is 0 Å². The lowest BCUT2D eigenvalue weighted by atomic mass is 10.0. The average molecular weight is 280 g/mol. The van der Waals surface area contributed by atoms with Gasteiger partial charge in [-0.15, -0.1) is 0 Å². The Kier molecular flexibility index (Phi) is 5.18. The van der Waals surface area contributed by atoms with Crippen molar-refractivity contribution in [1.82, 2.24) is 19.8 Å². The van der Waals surface area contributed by atoms with Gasteiger partial charge in [-0.05, 0) is 20.9 Å². The van der Waals surface area contributed by atoms with E-state index < -0.39 is 0 Å². The fourth-order valence-electron chi connectivity index (χ4n) is 2.78.